The summed E-state index contributed by atoms with van der Waals surface area (Å²) < 4.78 is 0. The first-order valence-electron chi connectivity index (χ1n) is 5.66. The van der Waals surface area contributed by atoms with Crippen molar-refractivity contribution in [1.82, 2.24) is 10.2 Å². The zero-order valence-electron chi connectivity index (χ0n) is 10.1. The number of aromatic nitrogens is 2. The van der Waals surface area contributed by atoms with E-state index in [2.05, 4.69) is 40.6 Å². The van der Waals surface area contributed by atoms with Crippen LogP contribution in [0.15, 0.2) is 36.5 Å². The molecule has 2 N–H and O–H groups in total. The number of amides is 1. The molecule has 2 rings (SSSR count). The molecule has 0 aliphatic heterocycles. The zero-order valence-corrected chi connectivity index (χ0v) is 11.0. The largest absolute Gasteiger partial charge is 0.310 e. The highest BCUT2D eigenvalue weighted by Gasteiger charge is 2.03. The smallest absolute Gasteiger partial charge is 0.235 e. The molecule has 94 valence electrons. The summed E-state index contributed by atoms with van der Waals surface area (Å²) >= 11 is 1.60. The third-order valence-corrected chi connectivity index (χ3v) is 3.36. The first-order valence-corrected chi connectivity index (χ1v) is 6.82. The second-order valence-electron chi connectivity index (χ2n) is 4.00. The van der Waals surface area contributed by atoms with Crippen molar-refractivity contribution >= 4 is 23.5 Å². The number of rotatable bonds is 5. The Labute approximate surface area is 110 Å². The number of H-pyrrole nitrogens is 1. The normalized spacial score (nSPS) is 10.3. The quantitative estimate of drug-likeness (QED) is 0.869. The van der Waals surface area contributed by atoms with Crippen molar-refractivity contribution < 1.29 is 4.79 Å². The van der Waals surface area contributed by atoms with Gasteiger partial charge in [0.2, 0.25) is 5.91 Å². The second kappa shape index (κ2) is 6.26. The maximum atomic E-state index is 11.6. The number of nitrogens with zero attached hydrogens (tertiary/aromatic N) is 1. The van der Waals surface area contributed by atoms with Crippen LogP contribution in [0.2, 0.25) is 0 Å². The first kappa shape index (κ1) is 12.7. The van der Waals surface area contributed by atoms with E-state index in [1.54, 1.807) is 24.0 Å². The molecule has 18 heavy (non-hydrogen) atoms. The van der Waals surface area contributed by atoms with Crippen molar-refractivity contribution in [3.8, 4) is 0 Å². The van der Waals surface area contributed by atoms with Gasteiger partial charge in [0.1, 0.15) is 5.82 Å². The SMILES string of the molecule is Cc1cccc(CSCC(=O)Nc2ccn[nH]2)c1. The fraction of sp³-hybridized carbons (Fsp3) is 0.231. The van der Waals surface area contributed by atoms with Gasteiger partial charge in [0.15, 0.2) is 0 Å². The lowest BCUT2D eigenvalue weighted by Crippen LogP contribution is -2.14. The number of nitrogens with one attached hydrogen (secondary N) is 2. The Morgan fingerprint density at radius 3 is 3.06 bits per heavy atom. The van der Waals surface area contributed by atoms with Crippen molar-refractivity contribution in [2.24, 2.45) is 0 Å². The van der Waals surface area contributed by atoms with Crippen LogP contribution in [0, 0.1) is 6.92 Å². The minimum absolute atomic E-state index is 0.0168. The summed E-state index contributed by atoms with van der Waals surface area (Å²) in [6, 6.07) is 10.0. The summed E-state index contributed by atoms with van der Waals surface area (Å²) in [7, 11) is 0. The molecule has 0 aliphatic carbocycles. The van der Waals surface area contributed by atoms with E-state index in [9.17, 15) is 4.79 Å². The van der Waals surface area contributed by atoms with Gasteiger partial charge in [-0.1, -0.05) is 29.8 Å². The Morgan fingerprint density at radius 2 is 2.33 bits per heavy atom. The van der Waals surface area contributed by atoms with Crippen LogP contribution in [0.4, 0.5) is 5.82 Å². The standard InChI is InChI=1S/C13H15N3OS/c1-10-3-2-4-11(7-10)8-18-9-13(17)15-12-5-6-14-16-12/h2-7H,8-9H2,1H3,(H2,14,15,16,17). The summed E-state index contributed by atoms with van der Waals surface area (Å²) in [5.41, 5.74) is 2.49. The molecule has 1 amide bonds. The van der Waals surface area contributed by atoms with Crippen LogP contribution >= 0.6 is 11.8 Å². The molecule has 0 saturated heterocycles. The molecular weight excluding hydrogens is 246 g/mol. The Hall–Kier alpha value is -1.75. The fourth-order valence-corrected chi connectivity index (χ4v) is 2.35. The number of anilines is 1. The predicted octanol–water partition coefficient (Wildman–Crippen LogP) is 2.59. The van der Waals surface area contributed by atoms with Gasteiger partial charge in [-0.2, -0.15) is 5.10 Å². The minimum atomic E-state index is -0.0168. The zero-order chi connectivity index (χ0) is 12.8. The van der Waals surface area contributed by atoms with E-state index in [-0.39, 0.29) is 5.91 Å². The van der Waals surface area contributed by atoms with Gasteiger partial charge >= 0.3 is 0 Å². The van der Waals surface area contributed by atoms with E-state index >= 15 is 0 Å². The van der Waals surface area contributed by atoms with Crippen molar-refractivity contribution in [3.63, 3.8) is 0 Å². The van der Waals surface area contributed by atoms with E-state index in [1.807, 2.05) is 6.07 Å². The summed E-state index contributed by atoms with van der Waals surface area (Å²) in [6.45, 7) is 2.07. The molecule has 4 nitrogen and oxygen atoms in total. The molecule has 1 heterocycles. The van der Waals surface area contributed by atoms with Gasteiger partial charge in [0, 0.05) is 11.8 Å². The first-order chi connectivity index (χ1) is 8.74. The molecule has 1 aromatic carbocycles. The average Bonchev–Trinajstić information content (AvgIpc) is 2.82. The number of benzene rings is 1. The summed E-state index contributed by atoms with van der Waals surface area (Å²) in [4.78, 5) is 11.6. The lowest BCUT2D eigenvalue weighted by molar-refractivity contribution is -0.113. The maximum absolute atomic E-state index is 11.6. The Kier molecular flexibility index (Phi) is 4.41. The molecule has 0 spiro atoms. The van der Waals surface area contributed by atoms with Crippen LogP contribution in [-0.2, 0) is 10.5 Å². The van der Waals surface area contributed by atoms with Crippen LogP contribution < -0.4 is 5.32 Å². The predicted molar refractivity (Wildman–Crippen MR) is 74.6 cm³/mol. The third kappa shape index (κ3) is 3.92. The Balaban J connectivity index is 1.73. The monoisotopic (exact) mass is 261 g/mol. The molecule has 5 heteroatoms. The Morgan fingerprint density at radius 1 is 1.44 bits per heavy atom. The highest BCUT2D eigenvalue weighted by Crippen LogP contribution is 2.13. The highest BCUT2D eigenvalue weighted by atomic mass is 32.2. The summed E-state index contributed by atoms with van der Waals surface area (Å²) in [5.74, 6) is 1.90. The molecule has 0 aliphatic rings. The highest BCUT2D eigenvalue weighted by molar-refractivity contribution is 7.99. The molecule has 0 bridgehead atoms. The van der Waals surface area contributed by atoms with Gasteiger partial charge in [0.05, 0.1) is 11.9 Å². The van der Waals surface area contributed by atoms with Gasteiger partial charge in [0.25, 0.3) is 0 Å². The Bertz CT molecular complexity index is 511. The molecule has 2 aromatic rings. The van der Waals surface area contributed by atoms with Crippen LogP contribution in [0.25, 0.3) is 0 Å². The molecule has 0 atom stereocenters. The van der Waals surface area contributed by atoms with Crippen LogP contribution in [0.5, 0.6) is 0 Å². The van der Waals surface area contributed by atoms with E-state index < -0.39 is 0 Å². The minimum Gasteiger partial charge on any atom is -0.310 e. The molecule has 0 saturated carbocycles. The fourth-order valence-electron chi connectivity index (χ4n) is 1.58. The van der Waals surface area contributed by atoms with E-state index in [1.165, 1.54) is 11.1 Å². The lowest BCUT2D eigenvalue weighted by Gasteiger charge is -2.03. The average molecular weight is 261 g/mol. The molecule has 0 unspecified atom stereocenters. The van der Waals surface area contributed by atoms with E-state index in [0.717, 1.165) is 5.75 Å². The maximum Gasteiger partial charge on any atom is 0.235 e. The second-order valence-corrected chi connectivity index (χ2v) is 4.99. The topological polar surface area (TPSA) is 57.8 Å². The lowest BCUT2D eigenvalue weighted by atomic mass is 10.2. The number of thioether (sulfide) groups is 1. The van der Waals surface area contributed by atoms with Gasteiger partial charge < -0.3 is 5.32 Å². The van der Waals surface area contributed by atoms with Crippen LogP contribution in [0.1, 0.15) is 11.1 Å². The molecular formula is C13H15N3OS. The van der Waals surface area contributed by atoms with Crippen LogP contribution in [0.3, 0.4) is 0 Å². The number of carbonyl (C=O) groups is 1. The number of hydrogen-bond acceptors (Lipinski definition) is 3. The van der Waals surface area contributed by atoms with Crippen molar-refractivity contribution in [3.05, 3.63) is 47.7 Å². The number of carbonyl (C=O) groups excluding carboxylic acids is 1. The van der Waals surface area contributed by atoms with Gasteiger partial charge in [-0.15, -0.1) is 11.8 Å². The van der Waals surface area contributed by atoms with E-state index in [4.69, 9.17) is 0 Å². The molecule has 1 aromatic heterocycles. The van der Waals surface area contributed by atoms with Gasteiger partial charge in [-0.05, 0) is 12.5 Å². The van der Waals surface area contributed by atoms with Gasteiger partial charge in [-0.25, -0.2) is 0 Å². The molecule has 0 fully saturated rings. The summed E-state index contributed by atoms with van der Waals surface area (Å²) in [6.07, 6.45) is 1.61. The third-order valence-electron chi connectivity index (χ3n) is 2.36. The van der Waals surface area contributed by atoms with Gasteiger partial charge in [-0.3, -0.25) is 9.89 Å². The summed E-state index contributed by atoms with van der Waals surface area (Å²) in [5, 5.41) is 9.20. The molecule has 0 radical (unpaired) electrons. The number of aryl methyl sites for hydroxylation is 1. The van der Waals surface area contributed by atoms with Crippen molar-refractivity contribution in [1.29, 1.82) is 0 Å². The van der Waals surface area contributed by atoms with Crippen molar-refractivity contribution in [2.45, 2.75) is 12.7 Å². The van der Waals surface area contributed by atoms with Crippen molar-refractivity contribution in [2.75, 3.05) is 11.1 Å². The van der Waals surface area contributed by atoms with E-state index in [0.29, 0.717) is 11.6 Å². The number of aromatic amines is 1. The van der Waals surface area contributed by atoms with Crippen LogP contribution in [-0.4, -0.2) is 21.9 Å². The number of hydrogen-bond donors (Lipinski definition) is 2.